The molecule has 140 valence electrons. The average Bonchev–Trinajstić information content (AvgIpc) is 2.67. The lowest BCUT2D eigenvalue weighted by Gasteiger charge is -2.10. The van der Waals surface area contributed by atoms with Gasteiger partial charge in [0.05, 0.1) is 20.1 Å². The van der Waals surface area contributed by atoms with Gasteiger partial charge in [-0.1, -0.05) is 18.2 Å². The van der Waals surface area contributed by atoms with Crippen molar-refractivity contribution in [1.82, 2.24) is 0 Å². The normalized spacial score (nSPS) is 10.6. The fourth-order valence-electron chi connectivity index (χ4n) is 2.65. The first-order valence-electron chi connectivity index (χ1n) is 8.51. The number of methoxy groups -OCH3 is 1. The van der Waals surface area contributed by atoms with Gasteiger partial charge >= 0.3 is 11.6 Å². The molecule has 0 saturated carbocycles. The molecule has 1 aromatic heterocycles. The molecule has 6 nitrogen and oxygen atoms in total. The lowest BCUT2D eigenvalue weighted by Crippen LogP contribution is -2.11. The van der Waals surface area contributed by atoms with E-state index in [0.717, 1.165) is 11.3 Å². The molecule has 27 heavy (non-hydrogen) atoms. The summed E-state index contributed by atoms with van der Waals surface area (Å²) in [4.78, 5) is 23.7. The summed E-state index contributed by atoms with van der Waals surface area (Å²) in [5, 5.41) is 0.694. The number of hydrogen-bond donors (Lipinski definition) is 0. The van der Waals surface area contributed by atoms with E-state index in [9.17, 15) is 9.59 Å². The van der Waals surface area contributed by atoms with Crippen molar-refractivity contribution in [2.75, 3.05) is 13.7 Å². The van der Waals surface area contributed by atoms with Crippen molar-refractivity contribution in [3.8, 4) is 11.5 Å². The second kappa shape index (κ2) is 8.40. The third kappa shape index (κ3) is 4.67. The molecule has 0 atom stereocenters. The Balaban J connectivity index is 1.60. The topological polar surface area (TPSA) is 75.0 Å². The highest BCUT2D eigenvalue weighted by Crippen LogP contribution is 2.23. The number of fused-ring (bicyclic) bond motifs is 1. The van der Waals surface area contributed by atoms with Gasteiger partial charge in [-0.25, -0.2) is 4.79 Å². The Morgan fingerprint density at radius 2 is 1.93 bits per heavy atom. The minimum absolute atomic E-state index is 0.0162. The molecule has 0 unspecified atom stereocenters. The van der Waals surface area contributed by atoms with Gasteiger partial charge in [-0.15, -0.1) is 0 Å². The van der Waals surface area contributed by atoms with Gasteiger partial charge in [-0.3, -0.25) is 4.79 Å². The van der Waals surface area contributed by atoms with Crippen LogP contribution in [0.4, 0.5) is 0 Å². The van der Waals surface area contributed by atoms with Crippen LogP contribution in [0.5, 0.6) is 11.5 Å². The summed E-state index contributed by atoms with van der Waals surface area (Å²) in [5.41, 5.74) is 1.46. The van der Waals surface area contributed by atoms with E-state index in [1.165, 1.54) is 13.2 Å². The quantitative estimate of drug-likeness (QED) is 0.468. The van der Waals surface area contributed by atoms with Gasteiger partial charge in [0.2, 0.25) is 0 Å². The molecule has 3 rings (SSSR count). The Labute approximate surface area is 156 Å². The van der Waals surface area contributed by atoms with Crippen LogP contribution in [0.3, 0.4) is 0 Å². The summed E-state index contributed by atoms with van der Waals surface area (Å²) in [6.45, 7) is 2.14. The van der Waals surface area contributed by atoms with Crippen LogP contribution in [0, 0.1) is 6.92 Å². The highest BCUT2D eigenvalue weighted by molar-refractivity contribution is 5.81. The van der Waals surface area contributed by atoms with E-state index in [-0.39, 0.29) is 19.6 Å². The number of carbonyl (C=O) groups is 1. The molecule has 0 N–H and O–H groups in total. The minimum atomic E-state index is -0.510. The maximum Gasteiger partial charge on any atom is 0.336 e. The van der Waals surface area contributed by atoms with E-state index in [1.54, 1.807) is 18.2 Å². The molecular weight excluding hydrogens is 348 g/mol. The monoisotopic (exact) mass is 368 g/mol. The van der Waals surface area contributed by atoms with Crippen LogP contribution in [0.25, 0.3) is 11.0 Å². The molecule has 0 spiro atoms. The van der Waals surface area contributed by atoms with Crippen molar-refractivity contribution in [2.45, 2.75) is 20.0 Å². The SMILES string of the molecule is COc1ccc2c(COC(=O)CCOc3ccccc3C)cc(=O)oc2c1. The lowest BCUT2D eigenvalue weighted by molar-refractivity contribution is -0.145. The summed E-state index contributed by atoms with van der Waals surface area (Å²) < 4.78 is 21.2. The maximum atomic E-state index is 12.0. The molecule has 0 fully saturated rings. The van der Waals surface area contributed by atoms with Crippen molar-refractivity contribution >= 4 is 16.9 Å². The van der Waals surface area contributed by atoms with Gasteiger partial charge in [-0.2, -0.15) is 0 Å². The summed E-state index contributed by atoms with van der Waals surface area (Å²) in [6.07, 6.45) is 0.113. The molecule has 0 aliphatic heterocycles. The van der Waals surface area contributed by atoms with Crippen molar-refractivity contribution in [3.63, 3.8) is 0 Å². The molecule has 1 heterocycles. The number of rotatable bonds is 7. The number of para-hydroxylation sites is 1. The number of aryl methyl sites for hydroxylation is 1. The minimum Gasteiger partial charge on any atom is -0.497 e. The van der Waals surface area contributed by atoms with E-state index in [4.69, 9.17) is 18.6 Å². The van der Waals surface area contributed by atoms with Crippen molar-refractivity contribution in [2.24, 2.45) is 0 Å². The Kier molecular flexibility index (Phi) is 5.76. The third-order valence-corrected chi connectivity index (χ3v) is 4.08. The van der Waals surface area contributed by atoms with E-state index in [0.29, 0.717) is 22.3 Å². The summed E-state index contributed by atoms with van der Waals surface area (Å²) >= 11 is 0. The van der Waals surface area contributed by atoms with E-state index in [1.807, 2.05) is 31.2 Å². The molecule has 0 radical (unpaired) electrons. The fourth-order valence-corrected chi connectivity index (χ4v) is 2.65. The van der Waals surface area contributed by atoms with E-state index in [2.05, 4.69) is 0 Å². The van der Waals surface area contributed by atoms with Gasteiger partial charge in [0.25, 0.3) is 0 Å². The molecule has 3 aromatic rings. The van der Waals surface area contributed by atoms with Crippen molar-refractivity contribution in [1.29, 1.82) is 0 Å². The van der Waals surface area contributed by atoms with Crippen LogP contribution in [0.15, 0.2) is 57.7 Å². The molecule has 0 amide bonds. The molecular formula is C21H20O6. The zero-order valence-corrected chi connectivity index (χ0v) is 15.2. The lowest BCUT2D eigenvalue weighted by atomic mass is 10.1. The van der Waals surface area contributed by atoms with Gasteiger partial charge in [0.1, 0.15) is 23.7 Å². The van der Waals surface area contributed by atoms with Crippen LogP contribution in [0.2, 0.25) is 0 Å². The molecule has 0 aliphatic carbocycles. The second-order valence-electron chi connectivity index (χ2n) is 5.98. The maximum absolute atomic E-state index is 12.0. The highest BCUT2D eigenvalue weighted by atomic mass is 16.5. The van der Waals surface area contributed by atoms with Crippen LogP contribution in [-0.4, -0.2) is 19.7 Å². The van der Waals surface area contributed by atoms with Crippen LogP contribution in [0.1, 0.15) is 17.5 Å². The second-order valence-corrected chi connectivity index (χ2v) is 5.98. The van der Waals surface area contributed by atoms with Gasteiger partial charge in [-0.05, 0) is 30.7 Å². The molecule has 0 aliphatic rings. The van der Waals surface area contributed by atoms with Gasteiger partial charge in [0.15, 0.2) is 0 Å². The molecule has 0 bridgehead atoms. The number of esters is 1. The predicted molar refractivity (Wildman–Crippen MR) is 100 cm³/mol. The molecule has 0 saturated heterocycles. The number of hydrogen-bond acceptors (Lipinski definition) is 6. The first kappa shape index (κ1) is 18.5. The fraction of sp³-hybridized carbons (Fsp3) is 0.238. The van der Waals surface area contributed by atoms with Crippen LogP contribution >= 0.6 is 0 Å². The Hall–Kier alpha value is -3.28. The van der Waals surface area contributed by atoms with Crippen molar-refractivity contribution in [3.05, 3.63) is 70.1 Å². The Morgan fingerprint density at radius 3 is 2.70 bits per heavy atom. The zero-order valence-electron chi connectivity index (χ0n) is 15.2. The number of ether oxygens (including phenoxy) is 3. The van der Waals surface area contributed by atoms with Crippen LogP contribution < -0.4 is 15.1 Å². The first-order chi connectivity index (χ1) is 13.1. The predicted octanol–water partition coefficient (Wildman–Crippen LogP) is 3.62. The molecule has 6 heteroatoms. The van der Waals surface area contributed by atoms with E-state index < -0.39 is 11.6 Å². The number of benzene rings is 2. The number of carbonyl (C=O) groups excluding carboxylic acids is 1. The van der Waals surface area contributed by atoms with E-state index >= 15 is 0 Å². The smallest absolute Gasteiger partial charge is 0.336 e. The third-order valence-electron chi connectivity index (χ3n) is 4.08. The van der Waals surface area contributed by atoms with Crippen LogP contribution in [-0.2, 0) is 16.1 Å². The summed E-state index contributed by atoms with van der Waals surface area (Å²) in [7, 11) is 1.53. The van der Waals surface area contributed by atoms with Gasteiger partial charge < -0.3 is 18.6 Å². The Bertz CT molecular complexity index is 1000. The van der Waals surface area contributed by atoms with Gasteiger partial charge in [0, 0.05) is 23.1 Å². The largest absolute Gasteiger partial charge is 0.497 e. The summed E-state index contributed by atoms with van der Waals surface area (Å²) in [5.74, 6) is 0.914. The highest BCUT2D eigenvalue weighted by Gasteiger charge is 2.10. The molecule has 2 aromatic carbocycles. The zero-order chi connectivity index (χ0) is 19.2. The average molecular weight is 368 g/mol. The van der Waals surface area contributed by atoms with Crippen molar-refractivity contribution < 1.29 is 23.4 Å². The standard InChI is InChI=1S/C21H20O6/c1-14-5-3-4-6-18(14)25-10-9-20(22)26-13-15-11-21(23)27-19-12-16(24-2)7-8-17(15)19/h3-8,11-12H,9-10,13H2,1-2H3. The first-order valence-corrected chi connectivity index (χ1v) is 8.51. The summed E-state index contributed by atoms with van der Waals surface area (Å²) in [6, 6.07) is 14.1. The Morgan fingerprint density at radius 1 is 1.11 bits per heavy atom.